The van der Waals surface area contributed by atoms with Crippen molar-refractivity contribution in [2.75, 3.05) is 19.8 Å². The molecule has 4 nitrogen and oxygen atoms in total. The van der Waals surface area contributed by atoms with Gasteiger partial charge in [0.15, 0.2) is 0 Å². The third-order valence-electron chi connectivity index (χ3n) is 2.28. The lowest BCUT2D eigenvalue weighted by Crippen LogP contribution is -2.42. The molecule has 69 valence electrons. The maximum atomic E-state index is 11.2. The molecule has 2 aliphatic heterocycles. The minimum atomic E-state index is -1.01. The van der Waals surface area contributed by atoms with E-state index in [-0.39, 0.29) is 12.2 Å². The molecular weight excluding hydrogens is 160 g/mol. The molecule has 3 unspecified atom stereocenters. The van der Waals surface area contributed by atoms with Crippen LogP contribution < -0.4 is 0 Å². The SMILES string of the molecule is [O]C(OCC1CCO1)C1CCO1. The van der Waals surface area contributed by atoms with Crippen LogP contribution in [0.4, 0.5) is 0 Å². The van der Waals surface area contributed by atoms with Crippen LogP contribution in [0.3, 0.4) is 0 Å². The van der Waals surface area contributed by atoms with Gasteiger partial charge in [-0.2, -0.15) is 5.11 Å². The second kappa shape index (κ2) is 3.70. The lowest BCUT2D eigenvalue weighted by Gasteiger charge is -2.32. The van der Waals surface area contributed by atoms with Crippen LogP contribution >= 0.6 is 0 Å². The molecular formula is C8H13O4. The summed E-state index contributed by atoms with van der Waals surface area (Å²) in [6.07, 6.45) is 0.771. The monoisotopic (exact) mass is 173 g/mol. The van der Waals surface area contributed by atoms with Crippen LogP contribution in [0.2, 0.25) is 0 Å². The second-order valence-electron chi connectivity index (χ2n) is 3.18. The van der Waals surface area contributed by atoms with Crippen molar-refractivity contribution in [2.45, 2.75) is 31.3 Å². The van der Waals surface area contributed by atoms with Gasteiger partial charge in [0.1, 0.15) is 6.10 Å². The Morgan fingerprint density at radius 1 is 1.33 bits per heavy atom. The zero-order valence-electron chi connectivity index (χ0n) is 6.90. The van der Waals surface area contributed by atoms with E-state index in [2.05, 4.69) is 0 Å². The fourth-order valence-corrected chi connectivity index (χ4v) is 1.19. The highest BCUT2D eigenvalue weighted by molar-refractivity contribution is 4.71. The molecule has 2 fully saturated rings. The largest absolute Gasteiger partial charge is 0.376 e. The van der Waals surface area contributed by atoms with E-state index in [1.165, 1.54) is 0 Å². The van der Waals surface area contributed by atoms with Gasteiger partial charge in [0, 0.05) is 19.6 Å². The topological polar surface area (TPSA) is 47.6 Å². The fourth-order valence-electron chi connectivity index (χ4n) is 1.19. The maximum Gasteiger partial charge on any atom is 0.218 e. The van der Waals surface area contributed by atoms with Gasteiger partial charge in [0.05, 0.1) is 12.7 Å². The zero-order chi connectivity index (χ0) is 8.39. The van der Waals surface area contributed by atoms with Crippen LogP contribution in [-0.4, -0.2) is 38.3 Å². The molecule has 0 bridgehead atoms. The summed E-state index contributed by atoms with van der Waals surface area (Å²) >= 11 is 0. The summed E-state index contributed by atoms with van der Waals surface area (Å²) in [4.78, 5) is 0. The van der Waals surface area contributed by atoms with Crippen LogP contribution in [-0.2, 0) is 19.3 Å². The molecule has 0 aromatic heterocycles. The molecule has 0 N–H and O–H groups in total. The molecule has 0 saturated carbocycles. The Balaban J connectivity index is 1.58. The van der Waals surface area contributed by atoms with Gasteiger partial charge in [-0.3, -0.25) is 0 Å². The van der Waals surface area contributed by atoms with Crippen molar-refractivity contribution in [1.29, 1.82) is 0 Å². The van der Waals surface area contributed by atoms with Crippen LogP contribution in [0.15, 0.2) is 0 Å². The predicted octanol–water partition coefficient (Wildman–Crippen LogP) is 0.337. The van der Waals surface area contributed by atoms with E-state index in [9.17, 15) is 5.11 Å². The van der Waals surface area contributed by atoms with Crippen molar-refractivity contribution in [1.82, 2.24) is 0 Å². The van der Waals surface area contributed by atoms with E-state index in [1.54, 1.807) is 0 Å². The summed E-state index contributed by atoms with van der Waals surface area (Å²) in [5.41, 5.74) is 0. The Morgan fingerprint density at radius 2 is 2.00 bits per heavy atom. The van der Waals surface area contributed by atoms with E-state index in [0.29, 0.717) is 13.2 Å². The average Bonchev–Trinajstić information content (AvgIpc) is 1.79. The summed E-state index contributed by atoms with van der Waals surface area (Å²) in [5, 5.41) is 11.2. The smallest absolute Gasteiger partial charge is 0.218 e. The highest BCUT2D eigenvalue weighted by atomic mass is 16.6. The van der Waals surface area contributed by atoms with E-state index >= 15 is 0 Å². The Hall–Kier alpha value is -0.160. The lowest BCUT2D eigenvalue weighted by atomic mass is 10.2. The first-order valence-corrected chi connectivity index (χ1v) is 4.37. The Kier molecular flexibility index (Phi) is 2.60. The van der Waals surface area contributed by atoms with Crippen LogP contribution in [0.25, 0.3) is 0 Å². The number of hydrogen-bond donors (Lipinski definition) is 0. The van der Waals surface area contributed by atoms with Gasteiger partial charge in [-0.1, -0.05) is 0 Å². The van der Waals surface area contributed by atoms with Crippen molar-refractivity contribution in [2.24, 2.45) is 0 Å². The number of ether oxygens (including phenoxy) is 3. The van der Waals surface area contributed by atoms with E-state index in [0.717, 1.165) is 19.4 Å². The summed E-state index contributed by atoms with van der Waals surface area (Å²) in [6.45, 7) is 1.93. The third-order valence-corrected chi connectivity index (χ3v) is 2.28. The minimum absolute atomic E-state index is 0.154. The van der Waals surface area contributed by atoms with E-state index in [1.807, 2.05) is 0 Å². The van der Waals surface area contributed by atoms with E-state index in [4.69, 9.17) is 14.2 Å². The normalized spacial score (nSPS) is 36.8. The summed E-state index contributed by atoms with van der Waals surface area (Å²) in [5.74, 6) is 0. The Morgan fingerprint density at radius 3 is 2.42 bits per heavy atom. The molecule has 0 amide bonds. The quantitative estimate of drug-likeness (QED) is 0.576. The van der Waals surface area contributed by atoms with Gasteiger partial charge in [0.2, 0.25) is 6.29 Å². The van der Waals surface area contributed by atoms with Gasteiger partial charge < -0.3 is 14.2 Å². The maximum absolute atomic E-state index is 11.2. The standard InChI is InChI=1S/C8H13O4/c9-8(7-2-4-11-7)12-5-6-1-3-10-6/h6-8H,1-5H2. The Labute approximate surface area is 71.4 Å². The third kappa shape index (κ3) is 1.77. The molecule has 12 heavy (non-hydrogen) atoms. The Bertz CT molecular complexity index is 142. The molecule has 2 rings (SSSR count). The molecule has 0 aliphatic carbocycles. The molecule has 0 aromatic carbocycles. The fraction of sp³-hybridized carbons (Fsp3) is 1.00. The first-order valence-electron chi connectivity index (χ1n) is 4.37. The van der Waals surface area contributed by atoms with Gasteiger partial charge in [-0.15, -0.1) is 0 Å². The van der Waals surface area contributed by atoms with Crippen LogP contribution in [0.5, 0.6) is 0 Å². The van der Waals surface area contributed by atoms with Crippen molar-refractivity contribution >= 4 is 0 Å². The first kappa shape index (κ1) is 8.44. The molecule has 2 heterocycles. The van der Waals surface area contributed by atoms with Crippen molar-refractivity contribution in [3.8, 4) is 0 Å². The van der Waals surface area contributed by atoms with E-state index < -0.39 is 6.29 Å². The lowest BCUT2D eigenvalue weighted by molar-refractivity contribution is -0.257. The first-order chi connectivity index (χ1) is 5.86. The molecule has 1 radical (unpaired) electrons. The van der Waals surface area contributed by atoms with Gasteiger partial charge >= 0.3 is 0 Å². The molecule has 3 atom stereocenters. The van der Waals surface area contributed by atoms with Crippen molar-refractivity contribution < 1.29 is 19.3 Å². The van der Waals surface area contributed by atoms with Crippen LogP contribution in [0, 0.1) is 0 Å². The predicted molar refractivity (Wildman–Crippen MR) is 39.1 cm³/mol. The molecule has 2 saturated heterocycles. The summed E-state index contributed by atoms with van der Waals surface area (Å²) in [7, 11) is 0. The van der Waals surface area contributed by atoms with Gasteiger partial charge in [-0.05, 0) is 6.42 Å². The second-order valence-corrected chi connectivity index (χ2v) is 3.18. The molecule has 0 aromatic rings. The van der Waals surface area contributed by atoms with Crippen LogP contribution in [0.1, 0.15) is 12.8 Å². The molecule has 2 aliphatic rings. The molecule has 0 spiro atoms. The van der Waals surface area contributed by atoms with Crippen molar-refractivity contribution in [3.63, 3.8) is 0 Å². The summed E-state index contributed by atoms with van der Waals surface area (Å²) < 4.78 is 15.2. The average molecular weight is 173 g/mol. The number of hydrogen-bond acceptors (Lipinski definition) is 3. The molecule has 4 heteroatoms. The highest BCUT2D eigenvalue weighted by Gasteiger charge is 2.30. The van der Waals surface area contributed by atoms with Gasteiger partial charge in [0.25, 0.3) is 0 Å². The highest BCUT2D eigenvalue weighted by Crippen LogP contribution is 2.18. The van der Waals surface area contributed by atoms with Crippen molar-refractivity contribution in [3.05, 3.63) is 0 Å². The number of rotatable bonds is 4. The minimum Gasteiger partial charge on any atom is -0.376 e. The van der Waals surface area contributed by atoms with Gasteiger partial charge in [-0.25, -0.2) is 0 Å². The summed E-state index contributed by atoms with van der Waals surface area (Å²) in [6, 6.07) is 0. The zero-order valence-corrected chi connectivity index (χ0v) is 6.90.